The molecule has 2 aromatic rings. The van der Waals surface area contributed by atoms with Gasteiger partial charge in [-0.25, -0.2) is 9.69 Å². The standard InChI is InChI=1S/C25H23NO6/c1-31-17-10-8-14(9-11-17)20(27)13-32-25(30)18-4-2-3-5-19(18)26-23(28)21-15-6-7-16(12-15)22(21)24(26)29/h2-5,8-11,15-16,21-22H,6-7,12-13H2,1H3. The minimum atomic E-state index is -0.747. The highest BCUT2D eigenvalue weighted by Crippen LogP contribution is 2.56. The fraction of sp³-hybridized carbons (Fsp3) is 0.360. The Hall–Kier alpha value is -3.48. The molecule has 1 heterocycles. The van der Waals surface area contributed by atoms with Crippen molar-refractivity contribution in [3.8, 4) is 5.75 Å². The second-order valence-electron chi connectivity index (χ2n) is 8.64. The molecule has 2 saturated carbocycles. The highest BCUT2D eigenvalue weighted by molar-refractivity contribution is 6.24. The van der Waals surface area contributed by atoms with Crippen molar-refractivity contribution in [3.63, 3.8) is 0 Å². The van der Waals surface area contributed by atoms with Crippen molar-refractivity contribution in [1.29, 1.82) is 0 Å². The second kappa shape index (κ2) is 7.89. The highest BCUT2D eigenvalue weighted by Gasteiger charge is 2.61. The van der Waals surface area contributed by atoms with Crippen LogP contribution in [0.5, 0.6) is 5.75 Å². The summed E-state index contributed by atoms with van der Waals surface area (Å²) in [6.07, 6.45) is 2.91. The molecular formula is C25H23NO6. The number of Topliss-reactive ketones (excluding diaryl/α,β-unsaturated/α-hetero) is 1. The van der Waals surface area contributed by atoms with Crippen LogP contribution in [0.4, 0.5) is 5.69 Å². The van der Waals surface area contributed by atoms with E-state index in [0.29, 0.717) is 11.3 Å². The average Bonchev–Trinajstić information content (AvgIpc) is 3.51. The van der Waals surface area contributed by atoms with Crippen LogP contribution in [0.1, 0.15) is 40.0 Å². The van der Waals surface area contributed by atoms with Crippen LogP contribution < -0.4 is 9.64 Å². The normalized spacial score (nSPS) is 25.7. The number of esters is 1. The molecule has 0 N–H and O–H groups in total. The minimum Gasteiger partial charge on any atom is -0.497 e. The van der Waals surface area contributed by atoms with Crippen LogP contribution in [0.15, 0.2) is 48.5 Å². The molecule has 1 saturated heterocycles. The summed E-state index contributed by atoms with van der Waals surface area (Å²) in [5, 5.41) is 0. The molecule has 1 aliphatic heterocycles. The molecule has 3 fully saturated rings. The van der Waals surface area contributed by atoms with E-state index >= 15 is 0 Å². The SMILES string of the molecule is COc1ccc(C(=O)COC(=O)c2ccccc2N2C(=O)C3C4CCC(C4)C3C2=O)cc1. The molecule has 0 aromatic heterocycles. The molecule has 4 atom stereocenters. The number of ketones is 1. The summed E-state index contributed by atoms with van der Waals surface area (Å²) in [6, 6.07) is 12.9. The Morgan fingerprint density at radius 3 is 2.19 bits per heavy atom. The van der Waals surface area contributed by atoms with Gasteiger partial charge in [-0.3, -0.25) is 14.4 Å². The summed E-state index contributed by atoms with van der Waals surface area (Å²) in [4.78, 5) is 52.7. The van der Waals surface area contributed by atoms with E-state index in [1.54, 1.807) is 42.5 Å². The molecule has 2 aromatic carbocycles. The lowest BCUT2D eigenvalue weighted by Crippen LogP contribution is -2.34. The van der Waals surface area contributed by atoms with Crippen molar-refractivity contribution in [2.75, 3.05) is 18.6 Å². The van der Waals surface area contributed by atoms with Gasteiger partial charge in [0.05, 0.1) is 30.2 Å². The molecule has 2 bridgehead atoms. The van der Waals surface area contributed by atoms with E-state index in [0.717, 1.165) is 19.3 Å². The smallest absolute Gasteiger partial charge is 0.340 e. The molecule has 7 heteroatoms. The number of methoxy groups -OCH3 is 1. The van der Waals surface area contributed by atoms with Crippen LogP contribution in [-0.2, 0) is 14.3 Å². The molecule has 32 heavy (non-hydrogen) atoms. The fourth-order valence-electron chi connectivity index (χ4n) is 5.56. The van der Waals surface area contributed by atoms with Crippen molar-refractivity contribution in [2.45, 2.75) is 19.3 Å². The van der Waals surface area contributed by atoms with Gasteiger partial charge in [-0.1, -0.05) is 12.1 Å². The summed E-state index contributed by atoms with van der Waals surface area (Å²) in [6.45, 7) is -0.448. The van der Waals surface area contributed by atoms with Gasteiger partial charge in [0.1, 0.15) is 5.75 Å². The first-order valence-electron chi connectivity index (χ1n) is 10.8. The summed E-state index contributed by atoms with van der Waals surface area (Å²) in [5.74, 6) is -0.973. The topological polar surface area (TPSA) is 90.0 Å². The summed E-state index contributed by atoms with van der Waals surface area (Å²) < 4.78 is 10.3. The lowest BCUT2D eigenvalue weighted by atomic mass is 9.81. The van der Waals surface area contributed by atoms with Gasteiger partial charge in [-0.05, 0) is 67.5 Å². The number of para-hydroxylation sites is 1. The predicted octanol–water partition coefficient (Wildman–Crippen LogP) is 3.27. The number of benzene rings is 2. The van der Waals surface area contributed by atoms with Crippen LogP contribution in [0.3, 0.4) is 0 Å². The van der Waals surface area contributed by atoms with Gasteiger partial charge in [0.25, 0.3) is 0 Å². The first-order chi connectivity index (χ1) is 15.5. The number of hydrogen-bond donors (Lipinski definition) is 0. The molecule has 0 radical (unpaired) electrons. The number of hydrogen-bond acceptors (Lipinski definition) is 6. The zero-order valence-corrected chi connectivity index (χ0v) is 17.7. The zero-order valence-electron chi connectivity index (χ0n) is 17.7. The van der Waals surface area contributed by atoms with Gasteiger partial charge in [-0.2, -0.15) is 0 Å². The third-order valence-electron chi connectivity index (χ3n) is 7.04. The van der Waals surface area contributed by atoms with Crippen LogP contribution in [0.2, 0.25) is 0 Å². The van der Waals surface area contributed by atoms with Crippen LogP contribution in [0.25, 0.3) is 0 Å². The van der Waals surface area contributed by atoms with E-state index < -0.39 is 12.6 Å². The monoisotopic (exact) mass is 433 g/mol. The van der Waals surface area contributed by atoms with Crippen molar-refractivity contribution in [1.82, 2.24) is 0 Å². The summed E-state index contributed by atoms with van der Waals surface area (Å²) in [7, 11) is 1.53. The molecule has 0 spiro atoms. The van der Waals surface area contributed by atoms with Crippen molar-refractivity contribution < 1.29 is 28.7 Å². The third kappa shape index (κ3) is 3.20. The Morgan fingerprint density at radius 1 is 0.938 bits per heavy atom. The summed E-state index contributed by atoms with van der Waals surface area (Å²) in [5.41, 5.74) is 0.724. The number of amides is 2. The Kier molecular flexibility index (Phi) is 5.04. The molecule has 164 valence electrons. The average molecular weight is 433 g/mol. The van der Waals surface area contributed by atoms with Gasteiger partial charge in [-0.15, -0.1) is 0 Å². The minimum absolute atomic E-state index is 0.101. The zero-order chi connectivity index (χ0) is 22.4. The molecule has 4 unspecified atom stereocenters. The lowest BCUT2D eigenvalue weighted by molar-refractivity contribution is -0.123. The van der Waals surface area contributed by atoms with Gasteiger partial charge in [0.2, 0.25) is 11.8 Å². The van der Waals surface area contributed by atoms with Crippen molar-refractivity contribution in [2.24, 2.45) is 23.7 Å². The third-order valence-corrected chi connectivity index (χ3v) is 7.04. The number of ether oxygens (including phenoxy) is 2. The molecule has 2 amide bonds. The molecular weight excluding hydrogens is 410 g/mol. The fourth-order valence-corrected chi connectivity index (χ4v) is 5.56. The second-order valence-corrected chi connectivity index (χ2v) is 8.64. The van der Waals surface area contributed by atoms with Gasteiger partial charge >= 0.3 is 5.97 Å². The van der Waals surface area contributed by atoms with Crippen LogP contribution in [0, 0.1) is 23.7 Å². The molecule has 2 aliphatic carbocycles. The Bertz CT molecular complexity index is 1080. The van der Waals surface area contributed by atoms with E-state index in [-0.39, 0.29) is 52.5 Å². The maximum Gasteiger partial charge on any atom is 0.340 e. The lowest BCUT2D eigenvalue weighted by Gasteiger charge is -2.19. The van der Waals surface area contributed by atoms with Gasteiger partial charge in [0.15, 0.2) is 12.4 Å². The summed E-state index contributed by atoms with van der Waals surface area (Å²) >= 11 is 0. The Morgan fingerprint density at radius 2 is 1.56 bits per heavy atom. The van der Waals surface area contributed by atoms with E-state index in [2.05, 4.69) is 0 Å². The molecule has 7 nitrogen and oxygen atoms in total. The van der Waals surface area contributed by atoms with Crippen molar-refractivity contribution in [3.05, 3.63) is 59.7 Å². The van der Waals surface area contributed by atoms with Crippen LogP contribution in [-0.4, -0.2) is 37.3 Å². The number of nitrogens with zero attached hydrogens (tertiary/aromatic N) is 1. The quantitative estimate of drug-likeness (QED) is 0.395. The van der Waals surface area contributed by atoms with E-state index in [1.807, 2.05) is 0 Å². The number of rotatable bonds is 6. The Labute approximate surface area is 185 Å². The highest BCUT2D eigenvalue weighted by atomic mass is 16.5. The maximum absolute atomic E-state index is 13.2. The maximum atomic E-state index is 13.2. The number of anilines is 1. The van der Waals surface area contributed by atoms with E-state index in [9.17, 15) is 19.2 Å². The number of carbonyl (C=O) groups is 4. The number of imide groups is 1. The predicted molar refractivity (Wildman–Crippen MR) is 114 cm³/mol. The molecule has 5 rings (SSSR count). The number of carbonyl (C=O) groups excluding carboxylic acids is 4. The Balaban J connectivity index is 1.33. The largest absolute Gasteiger partial charge is 0.497 e. The van der Waals surface area contributed by atoms with Gasteiger partial charge < -0.3 is 9.47 Å². The first kappa shape index (κ1) is 20.4. The first-order valence-corrected chi connectivity index (χ1v) is 10.8. The van der Waals surface area contributed by atoms with E-state index in [4.69, 9.17) is 9.47 Å². The van der Waals surface area contributed by atoms with Crippen LogP contribution >= 0.6 is 0 Å². The van der Waals surface area contributed by atoms with Crippen molar-refractivity contribution >= 4 is 29.3 Å². The molecule has 3 aliphatic rings. The van der Waals surface area contributed by atoms with E-state index in [1.165, 1.54) is 18.1 Å². The number of fused-ring (bicyclic) bond motifs is 5. The van der Waals surface area contributed by atoms with Gasteiger partial charge in [0, 0.05) is 5.56 Å².